The van der Waals surface area contributed by atoms with Crippen LogP contribution in [0.5, 0.6) is 5.75 Å². The SMILES string of the molecule is CCOc1cc(C)c(C2OCCNC2C)cc1C. The molecule has 2 unspecified atom stereocenters. The highest BCUT2D eigenvalue weighted by Gasteiger charge is 2.25. The monoisotopic (exact) mass is 249 g/mol. The van der Waals surface area contributed by atoms with Crippen molar-refractivity contribution in [1.29, 1.82) is 0 Å². The molecule has 0 bridgehead atoms. The molecule has 1 aliphatic heterocycles. The summed E-state index contributed by atoms with van der Waals surface area (Å²) in [5, 5.41) is 3.46. The van der Waals surface area contributed by atoms with E-state index in [1.165, 1.54) is 16.7 Å². The maximum Gasteiger partial charge on any atom is 0.122 e. The molecule has 1 aromatic rings. The summed E-state index contributed by atoms with van der Waals surface area (Å²) >= 11 is 0. The number of rotatable bonds is 3. The minimum Gasteiger partial charge on any atom is -0.494 e. The first kappa shape index (κ1) is 13.4. The van der Waals surface area contributed by atoms with Crippen LogP contribution in [-0.4, -0.2) is 25.8 Å². The number of benzene rings is 1. The summed E-state index contributed by atoms with van der Waals surface area (Å²) in [7, 11) is 0. The molecule has 0 aliphatic carbocycles. The second-order valence-electron chi connectivity index (χ2n) is 4.94. The third-order valence-corrected chi connectivity index (χ3v) is 3.49. The Labute approximate surface area is 109 Å². The van der Waals surface area contributed by atoms with Gasteiger partial charge in [-0.05, 0) is 56.5 Å². The van der Waals surface area contributed by atoms with Crippen molar-refractivity contribution < 1.29 is 9.47 Å². The van der Waals surface area contributed by atoms with Crippen LogP contribution in [0.15, 0.2) is 12.1 Å². The number of aryl methyl sites for hydroxylation is 2. The van der Waals surface area contributed by atoms with Gasteiger partial charge in [0, 0.05) is 12.6 Å². The molecule has 1 aliphatic rings. The largest absolute Gasteiger partial charge is 0.494 e. The van der Waals surface area contributed by atoms with Crippen molar-refractivity contribution in [3.05, 3.63) is 28.8 Å². The van der Waals surface area contributed by atoms with Crippen molar-refractivity contribution in [2.75, 3.05) is 19.8 Å². The fourth-order valence-electron chi connectivity index (χ4n) is 2.51. The van der Waals surface area contributed by atoms with Gasteiger partial charge in [-0.15, -0.1) is 0 Å². The summed E-state index contributed by atoms with van der Waals surface area (Å²) in [5.74, 6) is 0.982. The van der Waals surface area contributed by atoms with E-state index in [1.54, 1.807) is 0 Å². The van der Waals surface area contributed by atoms with Gasteiger partial charge >= 0.3 is 0 Å². The number of ether oxygens (including phenoxy) is 2. The molecule has 1 fully saturated rings. The third-order valence-electron chi connectivity index (χ3n) is 3.49. The lowest BCUT2D eigenvalue weighted by Gasteiger charge is -2.32. The molecular weight excluding hydrogens is 226 g/mol. The molecule has 0 radical (unpaired) electrons. The van der Waals surface area contributed by atoms with E-state index < -0.39 is 0 Å². The van der Waals surface area contributed by atoms with Crippen LogP contribution in [0, 0.1) is 13.8 Å². The Morgan fingerprint density at radius 2 is 2.11 bits per heavy atom. The molecule has 1 saturated heterocycles. The van der Waals surface area contributed by atoms with Gasteiger partial charge in [0.05, 0.1) is 19.3 Å². The van der Waals surface area contributed by atoms with Gasteiger partial charge in [-0.25, -0.2) is 0 Å². The van der Waals surface area contributed by atoms with Crippen LogP contribution >= 0.6 is 0 Å². The first-order valence-electron chi connectivity index (χ1n) is 6.72. The molecule has 1 N–H and O–H groups in total. The van der Waals surface area contributed by atoms with Gasteiger partial charge in [-0.1, -0.05) is 0 Å². The van der Waals surface area contributed by atoms with E-state index in [9.17, 15) is 0 Å². The molecule has 100 valence electrons. The van der Waals surface area contributed by atoms with Crippen LogP contribution in [-0.2, 0) is 4.74 Å². The van der Waals surface area contributed by atoms with E-state index in [0.717, 1.165) is 18.9 Å². The van der Waals surface area contributed by atoms with Gasteiger partial charge in [0.1, 0.15) is 5.75 Å². The van der Waals surface area contributed by atoms with Crippen molar-refractivity contribution in [2.45, 2.75) is 39.8 Å². The third kappa shape index (κ3) is 2.68. The topological polar surface area (TPSA) is 30.5 Å². The van der Waals surface area contributed by atoms with Gasteiger partial charge in [0.15, 0.2) is 0 Å². The van der Waals surface area contributed by atoms with E-state index in [2.05, 4.69) is 38.2 Å². The molecule has 0 spiro atoms. The minimum absolute atomic E-state index is 0.146. The molecule has 0 saturated carbocycles. The van der Waals surface area contributed by atoms with Crippen LogP contribution in [0.25, 0.3) is 0 Å². The van der Waals surface area contributed by atoms with Gasteiger partial charge in [-0.2, -0.15) is 0 Å². The smallest absolute Gasteiger partial charge is 0.122 e. The average Bonchev–Trinajstić information content (AvgIpc) is 2.35. The van der Waals surface area contributed by atoms with Crippen molar-refractivity contribution >= 4 is 0 Å². The Balaban J connectivity index is 2.30. The van der Waals surface area contributed by atoms with E-state index in [1.807, 2.05) is 6.92 Å². The molecule has 2 rings (SSSR count). The van der Waals surface area contributed by atoms with Crippen LogP contribution < -0.4 is 10.1 Å². The van der Waals surface area contributed by atoms with Crippen LogP contribution in [0.1, 0.15) is 36.6 Å². The summed E-state index contributed by atoms with van der Waals surface area (Å²) in [5.41, 5.74) is 3.69. The summed E-state index contributed by atoms with van der Waals surface area (Å²) in [6.07, 6.45) is 0.146. The molecule has 3 heteroatoms. The average molecular weight is 249 g/mol. The predicted octanol–water partition coefficient (Wildman–Crippen LogP) is 2.75. The highest BCUT2D eigenvalue weighted by atomic mass is 16.5. The minimum atomic E-state index is 0.146. The maximum atomic E-state index is 5.91. The second kappa shape index (κ2) is 5.72. The zero-order valence-electron chi connectivity index (χ0n) is 11.7. The van der Waals surface area contributed by atoms with Crippen molar-refractivity contribution in [3.8, 4) is 5.75 Å². The Morgan fingerprint density at radius 3 is 2.78 bits per heavy atom. The second-order valence-corrected chi connectivity index (χ2v) is 4.94. The fraction of sp³-hybridized carbons (Fsp3) is 0.600. The predicted molar refractivity (Wildman–Crippen MR) is 73.2 cm³/mol. The Kier molecular flexibility index (Phi) is 4.25. The van der Waals surface area contributed by atoms with Crippen molar-refractivity contribution in [1.82, 2.24) is 5.32 Å². The summed E-state index contributed by atoms with van der Waals surface area (Å²) in [4.78, 5) is 0. The fourth-order valence-corrected chi connectivity index (χ4v) is 2.51. The van der Waals surface area contributed by atoms with Crippen LogP contribution in [0.2, 0.25) is 0 Å². The Bertz CT molecular complexity index is 417. The van der Waals surface area contributed by atoms with Gasteiger partial charge < -0.3 is 14.8 Å². The van der Waals surface area contributed by atoms with Crippen LogP contribution in [0.4, 0.5) is 0 Å². The summed E-state index contributed by atoms with van der Waals surface area (Å²) in [6.45, 7) is 10.8. The van der Waals surface area contributed by atoms with Gasteiger partial charge in [0.2, 0.25) is 0 Å². The molecule has 18 heavy (non-hydrogen) atoms. The standard InChI is InChI=1S/C15H23NO2/c1-5-17-14-9-10(2)13(8-11(14)3)15-12(4)16-6-7-18-15/h8-9,12,15-16H,5-7H2,1-4H3. The first-order chi connectivity index (χ1) is 8.63. The van der Waals surface area contributed by atoms with E-state index in [4.69, 9.17) is 9.47 Å². The maximum absolute atomic E-state index is 5.91. The number of nitrogens with one attached hydrogen (secondary N) is 1. The highest BCUT2D eigenvalue weighted by molar-refractivity contribution is 5.43. The normalized spacial score (nSPS) is 24.0. The Hall–Kier alpha value is -1.06. The van der Waals surface area contributed by atoms with Crippen molar-refractivity contribution in [2.24, 2.45) is 0 Å². The van der Waals surface area contributed by atoms with E-state index in [0.29, 0.717) is 12.6 Å². The van der Waals surface area contributed by atoms with E-state index in [-0.39, 0.29) is 6.10 Å². The lowest BCUT2D eigenvalue weighted by atomic mass is 9.95. The number of hydrogen-bond acceptors (Lipinski definition) is 3. The molecule has 0 amide bonds. The first-order valence-corrected chi connectivity index (χ1v) is 6.72. The Morgan fingerprint density at radius 1 is 1.33 bits per heavy atom. The van der Waals surface area contributed by atoms with Crippen molar-refractivity contribution in [3.63, 3.8) is 0 Å². The quantitative estimate of drug-likeness (QED) is 0.893. The van der Waals surface area contributed by atoms with Crippen LogP contribution in [0.3, 0.4) is 0 Å². The van der Waals surface area contributed by atoms with Gasteiger partial charge in [-0.3, -0.25) is 0 Å². The lowest BCUT2D eigenvalue weighted by Crippen LogP contribution is -2.41. The molecule has 2 atom stereocenters. The highest BCUT2D eigenvalue weighted by Crippen LogP contribution is 2.31. The number of hydrogen-bond donors (Lipinski definition) is 1. The molecular formula is C15H23NO2. The number of morpholine rings is 1. The zero-order chi connectivity index (χ0) is 13.1. The molecule has 0 aromatic heterocycles. The summed E-state index contributed by atoms with van der Waals surface area (Å²) < 4.78 is 11.5. The lowest BCUT2D eigenvalue weighted by molar-refractivity contribution is -0.000645. The molecule has 1 aromatic carbocycles. The summed E-state index contributed by atoms with van der Waals surface area (Å²) in [6, 6.07) is 4.68. The van der Waals surface area contributed by atoms with E-state index >= 15 is 0 Å². The molecule has 1 heterocycles. The zero-order valence-corrected chi connectivity index (χ0v) is 11.7. The van der Waals surface area contributed by atoms with Gasteiger partial charge in [0.25, 0.3) is 0 Å². The molecule has 3 nitrogen and oxygen atoms in total.